The number of allylic oxidation sites excluding steroid dienone is 6. The molecule has 1 aliphatic rings. The Labute approximate surface area is 182 Å². The maximum absolute atomic E-state index is 6.49. The molecule has 1 unspecified atom stereocenters. The Bertz CT molecular complexity index is 999. The van der Waals surface area contributed by atoms with Gasteiger partial charge in [0.15, 0.2) is 0 Å². The Hall–Kier alpha value is -2.80. The first kappa shape index (κ1) is 21.9. The second-order valence-corrected chi connectivity index (χ2v) is 8.81. The lowest BCUT2D eigenvalue weighted by Gasteiger charge is -2.23. The first-order valence-corrected chi connectivity index (χ1v) is 11.0. The normalized spacial score (nSPS) is 21.1. The number of hydrogen-bond acceptors (Lipinski definition) is 1. The smallest absolute Gasteiger partial charge is 0.0353 e. The van der Waals surface area contributed by atoms with Crippen LogP contribution in [-0.4, -0.2) is 0 Å². The zero-order chi connectivity index (χ0) is 21.7. The minimum absolute atomic E-state index is 0.395. The van der Waals surface area contributed by atoms with E-state index in [1.807, 2.05) is 0 Å². The van der Waals surface area contributed by atoms with E-state index in [1.54, 1.807) is 0 Å². The number of rotatable bonds is 3. The van der Waals surface area contributed by atoms with Crippen molar-refractivity contribution in [1.29, 1.82) is 0 Å². The molecule has 0 fully saturated rings. The third kappa shape index (κ3) is 5.42. The van der Waals surface area contributed by atoms with Crippen molar-refractivity contribution < 1.29 is 0 Å². The summed E-state index contributed by atoms with van der Waals surface area (Å²) < 4.78 is 0. The van der Waals surface area contributed by atoms with E-state index in [2.05, 4.69) is 95.0 Å². The van der Waals surface area contributed by atoms with Gasteiger partial charge < -0.3 is 5.73 Å². The number of aryl methyl sites for hydroxylation is 1. The Morgan fingerprint density at radius 3 is 2.47 bits per heavy atom. The van der Waals surface area contributed by atoms with Gasteiger partial charge in [-0.25, -0.2) is 0 Å². The monoisotopic (exact) mass is 397 g/mol. The van der Waals surface area contributed by atoms with Crippen LogP contribution in [0.25, 0.3) is 11.6 Å². The highest BCUT2D eigenvalue weighted by Gasteiger charge is 2.19. The predicted molar refractivity (Wildman–Crippen MR) is 134 cm³/mol. The zero-order valence-corrected chi connectivity index (χ0v) is 19.0. The lowest BCUT2D eigenvalue weighted by atomic mass is 9.83. The van der Waals surface area contributed by atoms with Crippen LogP contribution < -0.4 is 5.73 Å². The van der Waals surface area contributed by atoms with Crippen LogP contribution in [0.4, 0.5) is 5.69 Å². The Morgan fingerprint density at radius 1 is 1.00 bits per heavy atom. The summed E-state index contributed by atoms with van der Waals surface area (Å²) in [7, 11) is 0. The first-order chi connectivity index (χ1) is 14.3. The molecule has 2 aromatic carbocycles. The molecule has 0 bridgehead atoms. The van der Waals surface area contributed by atoms with E-state index in [0.717, 1.165) is 36.9 Å². The minimum Gasteiger partial charge on any atom is -0.398 e. The van der Waals surface area contributed by atoms with Gasteiger partial charge in [0.25, 0.3) is 0 Å². The molecule has 1 atom stereocenters. The van der Waals surface area contributed by atoms with Gasteiger partial charge in [-0.2, -0.15) is 0 Å². The Balaban J connectivity index is 2.03. The molecular formula is C29H35N. The molecule has 0 amide bonds. The van der Waals surface area contributed by atoms with Crippen molar-refractivity contribution in [3.63, 3.8) is 0 Å². The molecule has 0 heterocycles. The summed E-state index contributed by atoms with van der Waals surface area (Å²) >= 11 is 0. The molecule has 2 N–H and O–H groups in total. The van der Waals surface area contributed by atoms with Crippen molar-refractivity contribution in [2.45, 2.75) is 59.3 Å². The lowest BCUT2D eigenvalue weighted by Crippen LogP contribution is -2.07. The molecule has 30 heavy (non-hydrogen) atoms. The molecule has 1 aliphatic carbocycles. The fraction of sp³-hybridized carbons (Fsp3) is 0.310. The highest BCUT2D eigenvalue weighted by Crippen LogP contribution is 2.37. The molecule has 0 radical (unpaired) electrons. The van der Waals surface area contributed by atoms with Crippen molar-refractivity contribution in [3.8, 4) is 0 Å². The largest absolute Gasteiger partial charge is 0.398 e. The van der Waals surface area contributed by atoms with Gasteiger partial charge in [0.2, 0.25) is 0 Å². The third-order valence-electron chi connectivity index (χ3n) is 6.10. The summed E-state index contributed by atoms with van der Waals surface area (Å²) in [6, 6.07) is 12.8. The molecule has 156 valence electrons. The highest BCUT2D eigenvalue weighted by molar-refractivity contribution is 5.81. The summed E-state index contributed by atoms with van der Waals surface area (Å²) in [5.74, 6) is 0.395. The van der Waals surface area contributed by atoms with Crippen LogP contribution >= 0.6 is 0 Å². The molecule has 3 rings (SSSR count). The summed E-state index contributed by atoms with van der Waals surface area (Å²) in [6.07, 6.45) is 13.2. The average molecular weight is 398 g/mol. The van der Waals surface area contributed by atoms with Crippen molar-refractivity contribution in [3.05, 3.63) is 100 Å². The number of nitrogen functional groups attached to an aromatic ring is 1. The number of hydrogen-bond donors (Lipinski definition) is 1. The maximum Gasteiger partial charge on any atom is 0.0353 e. The van der Waals surface area contributed by atoms with Gasteiger partial charge in [-0.1, -0.05) is 84.8 Å². The lowest BCUT2D eigenvalue weighted by molar-refractivity contribution is 0.738. The molecule has 1 nitrogen and oxygen atoms in total. The summed E-state index contributed by atoms with van der Waals surface area (Å²) in [6.45, 7) is 13.3. The molecule has 0 saturated carbocycles. The summed E-state index contributed by atoms with van der Waals surface area (Å²) in [5, 5.41) is 0. The number of nitrogens with two attached hydrogens (primary N) is 1. The van der Waals surface area contributed by atoms with E-state index in [1.165, 1.54) is 39.0 Å². The number of fused-ring (bicyclic) bond motifs is 1. The molecule has 0 saturated heterocycles. The molecule has 2 aromatic rings. The SMILES string of the molecule is C=C(/C=C/c1ccc(C)cc1)c1ccc(N)c2c1C(C)C/C(C)=C\CC/C(C)=C/C2. The van der Waals surface area contributed by atoms with E-state index in [4.69, 9.17) is 5.73 Å². The van der Waals surface area contributed by atoms with E-state index in [0.29, 0.717) is 5.92 Å². The molecule has 0 aliphatic heterocycles. The quantitative estimate of drug-likeness (QED) is 0.317. The maximum atomic E-state index is 6.49. The predicted octanol–water partition coefficient (Wildman–Crippen LogP) is 8.03. The summed E-state index contributed by atoms with van der Waals surface area (Å²) in [4.78, 5) is 0. The molecule has 0 aromatic heterocycles. The van der Waals surface area contributed by atoms with Gasteiger partial charge in [-0.15, -0.1) is 0 Å². The number of benzene rings is 2. The highest BCUT2D eigenvalue weighted by atomic mass is 14.6. The Kier molecular flexibility index (Phi) is 7.15. The third-order valence-corrected chi connectivity index (χ3v) is 6.10. The van der Waals surface area contributed by atoms with E-state index < -0.39 is 0 Å². The second-order valence-electron chi connectivity index (χ2n) is 8.81. The van der Waals surface area contributed by atoms with Gasteiger partial charge in [0, 0.05) is 5.69 Å². The van der Waals surface area contributed by atoms with Crippen LogP contribution in [0.15, 0.2) is 72.4 Å². The fourth-order valence-corrected chi connectivity index (χ4v) is 4.31. The molecule has 1 heteroatoms. The fourth-order valence-electron chi connectivity index (χ4n) is 4.31. The average Bonchev–Trinajstić information content (AvgIpc) is 2.73. The van der Waals surface area contributed by atoms with Crippen molar-refractivity contribution >= 4 is 17.3 Å². The van der Waals surface area contributed by atoms with Crippen LogP contribution in [-0.2, 0) is 6.42 Å². The van der Waals surface area contributed by atoms with Crippen molar-refractivity contribution in [2.24, 2.45) is 0 Å². The van der Waals surface area contributed by atoms with Crippen LogP contribution in [0.1, 0.15) is 73.8 Å². The van der Waals surface area contributed by atoms with Gasteiger partial charge >= 0.3 is 0 Å². The van der Waals surface area contributed by atoms with Gasteiger partial charge in [-0.05, 0) is 86.3 Å². The van der Waals surface area contributed by atoms with Crippen LogP contribution in [0.3, 0.4) is 0 Å². The molecule has 0 spiro atoms. The van der Waals surface area contributed by atoms with Gasteiger partial charge in [0.1, 0.15) is 0 Å². The van der Waals surface area contributed by atoms with Crippen molar-refractivity contribution in [1.82, 2.24) is 0 Å². The van der Waals surface area contributed by atoms with E-state index in [9.17, 15) is 0 Å². The van der Waals surface area contributed by atoms with Crippen molar-refractivity contribution in [2.75, 3.05) is 5.73 Å². The topological polar surface area (TPSA) is 26.0 Å². The standard InChI is InChI=1S/C29H35N/c1-20-7-6-8-22(3)19-24(5)29-26(17-18-28(30)27(29)16-11-20)23(4)12-15-25-13-9-21(2)10-14-25/h8-15,17-18,24H,4,6-7,16,19,30H2,1-3,5H3/b15-12+,20-11+,22-8-. The van der Waals surface area contributed by atoms with Gasteiger partial charge in [-0.3, -0.25) is 0 Å². The first-order valence-electron chi connectivity index (χ1n) is 11.0. The Morgan fingerprint density at radius 2 is 1.73 bits per heavy atom. The van der Waals surface area contributed by atoms with Crippen LogP contribution in [0.2, 0.25) is 0 Å². The summed E-state index contributed by atoms with van der Waals surface area (Å²) in [5.41, 5.74) is 17.6. The number of anilines is 1. The van der Waals surface area contributed by atoms with E-state index >= 15 is 0 Å². The minimum atomic E-state index is 0.395. The van der Waals surface area contributed by atoms with Crippen LogP contribution in [0, 0.1) is 6.92 Å². The van der Waals surface area contributed by atoms with Gasteiger partial charge in [0.05, 0.1) is 0 Å². The molecular weight excluding hydrogens is 362 g/mol. The van der Waals surface area contributed by atoms with E-state index in [-0.39, 0.29) is 0 Å². The van der Waals surface area contributed by atoms with Crippen LogP contribution in [0.5, 0.6) is 0 Å². The zero-order valence-electron chi connectivity index (χ0n) is 19.0. The second kappa shape index (κ2) is 9.80.